The minimum absolute atomic E-state index is 0.0837. The van der Waals surface area contributed by atoms with Crippen molar-refractivity contribution >= 4 is 11.8 Å². The molecule has 21 heavy (non-hydrogen) atoms. The summed E-state index contributed by atoms with van der Waals surface area (Å²) >= 11 is 0. The number of carbonyl (C=O) groups is 2. The van der Waals surface area contributed by atoms with E-state index in [0.29, 0.717) is 0 Å². The summed E-state index contributed by atoms with van der Waals surface area (Å²) in [5.74, 6) is 0.516. The first kappa shape index (κ1) is 16.3. The monoisotopic (exact) mass is 295 g/mol. The molecular weight excluding hydrogens is 266 g/mol. The fourth-order valence-electron chi connectivity index (χ4n) is 3.26. The molecule has 1 unspecified atom stereocenters. The molecule has 1 atom stereocenters. The molecule has 0 radical (unpaired) electrons. The molecule has 0 bridgehead atoms. The van der Waals surface area contributed by atoms with Crippen molar-refractivity contribution in [2.75, 3.05) is 32.7 Å². The van der Waals surface area contributed by atoms with Gasteiger partial charge in [0.05, 0.1) is 5.41 Å². The fraction of sp³-hybridized carbons (Fsp3) is 0.875. The van der Waals surface area contributed by atoms with Gasteiger partial charge in [0.1, 0.15) is 0 Å². The molecule has 5 nitrogen and oxygen atoms in total. The molecule has 120 valence electrons. The van der Waals surface area contributed by atoms with Crippen molar-refractivity contribution in [1.29, 1.82) is 0 Å². The molecule has 0 aromatic carbocycles. The van der Waals surface area contributed by atoms with Crippen molar-refractivity contribution in [2.45, 2.75) is 46.0 Å². The van der Waals surface area contributed by atoms with Crippen molar-refractivity contribution in [3.63, 3.8) is 0 Å². The summed E-state index contributed by atoms with van der Waals surface area (Å²) < 4.78 is 0. The Morgan fingerprint density at radius 2 is 2.05 bits per heavy atom. The van der Waals surface area contributed by atoms with Crippen LogP contribution in [-0.2, 0) is 9.59 Å². The molecule has 2 amide bonds. The summed E-state index contributed by atoms with van der Waals surface area (Å²) in [6, 6.07) is 0. The van der Waals surface area contributed by atoms with Gasteiger partial charge in [-0.2, -0.15) is 0 Å². The first-order valence-electron chi connectivity index (χ1n) is 8.34. The third-order valence-electron chi connectivity index (χ3n) is 4.87. The molecule has 0 aliphatic carbocycles. The molecular formula is C16H29N3O2. The van der Waals surface area contributed by atoms with Crippen LogP contribution in [0.2, 0.25) is 0 Å². The Bertz CT molecular complexity index is 370. The Kier molecular flexibility index (Phi) is 5.62. The number of piperidine rings is 1. The van der Waals surface area contributed by atoms with E-state index in [1.54, 1.807) is 0 Å². The standard InChI is InChI=1S/C16H29N3O2/c1-3-4-8-18-14(20)13-5-10-19(11-6-13)15(21)16(2)7-9-17-12-16/h13,17H,3-12H2,1-2H3,(H,18,20). The van der Waals surface area contributed by atoms with E-state index >= 15 is 0 Å². The Labute approximate surface area is 127 Å². The normalized spacial score (nSPS) is 26.9. The number of carbonyl (C=O) groups excluding carboxylic acids is 2. The van der Waals surface area contributed by atoms with Gasteiger partial charge in [-0.3, -0.25) is 9.59 Å². The van der Waals surface area contributed by atoms with Crippen LogP contribution in [0.4, 0.5) is 0 Å². The number of nitrogens with zero attached hydrogens (tertiary/aromatic N) is 1. The Morgan fingerprint density at radius 1 is 1.33 bits per heavy atom. The molecule has 2 saturated heterocycles. The van der Waals surface area contributed by atoms with E-state index in [4.69, 9.17) is 0 Å². The lowest BCUT2D eigenvalue weighted by molar-refractivity contribution is -0.143. The van der Waals surface area contributed by atoms with E-state index in [2.05, 4.69) is 24.5 Å². The molecule has 5 heteroatoms. The lowest BCUT2D eigenvalue weighted by Gasteiger charge is -2.36. The van der Waals surface area contributed by atoms with Crippen molar-refractivity contribution in [3.05, 3.63) is 0 Å². The molecule has 0 saturated carbocycles. The van der Waals surface area contributed by atoms with Gasteiger partial charge in [-0.15, -0.1) is 0 Å². The van der Waals surface area contributed by atoms with Crippen LogP contribution in [0.1, 0.15) is 46.0 Å². The maximum Gasteiger partial charge on any atom is 0.229 e. The number of hydrogen-bond donors (Lipinski definition) is 2. The molecule has 2 N–H and O–H groups in total. The van der Waals surface area contributed by atoms with Gasteiger partial charge in [0, 0.05) is 32.1 Å². The van der Waals surface area contributed by atoms with E-state index in [9.17, 15) is 9.59 Å². The number of rotatable bonds is 5. The van der Waals surface area contributed by atoms with Gasteiger partial charge < -0.3 is 15.5 Å². The van der Waals surface area contributed by atoms with Gasteiger partial charge in [-0.05, 0) is 39.2 Å². The lowest BCUT2D eigenvalue weighted by atomic mass is 9.86. The second-order valence-electron chi connectivity index (χ2n) is 6.70. The zero-order valence-corrected chi connectivity index (χ0v) is 13.4. The molecule has 2 heterocycles. The van der Waals surface area contributed by atoms with Crippen LogP contribution in [0, 0.1) is 11.3 Å². The molecule has 2 rings (SSSR count). The molecule has 2 aliphatic heterocycles. The average molecular weight is 295 g/mol. The second kappa shape index (κ2) is 7.25. The summed E-state index contributed by atoms with van der Waals surface area (Å²) in [4.78, 5) is 26.6. The van der Waals surface area contributed by atoms with Gasteiger partial charge >= 0.3 is 0 Å². The van der Waals surface area contributed by atoms with Gasteiger partial charge in [-0.25, -0.2) is 0 Å². The highest BCUT2D eigenvalue weighted by Crippen LogP contribution is 2.29. The summed E-state index contributed by atoms with van der Waals surface area (Å²) in [6.45, 7) is 8.11. The predicted molar refractivity (Wildman–Crippen MR) is 82.8 cm³/mol. The smallest absolute Gasteiger partial charge is 0.229 e. The van der Waals surface area contributed by atoms with Crippen molar-refractivity contribution in [2.24, 2.45) is 11.3 Å². The zero-order valence-electron chi connectivity index (χ0n) is 13.4. The first-order valence-corrected chi connectivity index (χ1v) is 8.34. The number of unbranched alkanes of at least 4 members (excludes halogenated alkanes) is 1. The molecule has 2 aliphatic rings. The van der Waals surface area contributed by atoms with Crippen LogP contribution < -0.4 is 10.6 Å². The van der Waals surface area contributed by atoms with Gasteiger partial charge in [0.25, 0.3) is 0 Å². The van der Waals surface area contributed by atoms with Crippen LogP contribution >= 0.6 is 0 Å². The minimum atomic E-state index is -0.240. The highest BCUT2D eigenvalue weighted by molar-refractivity contribution is 5.84. The highest BCUT2D eigenvalue weighted by atomic mass is 16.2. The number of hydrogen-bond acceptors (Lipinski definition) is 3. The Balaban J connectivity index is 1.77. The number of nitrogens with one attached hydrogen (secondary N) is 2. The highest BCUT2D eigenvalue weighted by Gasteiger charge is 2.40. The summed E-state index contributed by atoms with van der Waals surface area (Å²) in [5, 5.41) is 6.28. The van der Waals surface area contributed by atoms with Crippen molar-refractivity contribution in [3.8, 4) is 0 Å². The zero-order chi connectivity index (χ0) is 15.3. The van der Waals surface area contributed by atoms with Gasteiger partial charge in [-0.1, -0.05) is 13.3 Å². The lowest BCUT2D eigenvalue weighted by Crippen LogP contribution is -2.48. The van der Waals surface area contributed by atoms with Crippen LogP contribution in [0.15, 0.2) is 0 Å². The van der Waals surface area contributed by atoms with E-state index in [0.717, 1.165) is 64.8 Å². The Morgan fingerprint density at radius 3 is 2.62 bits per heavy atom. The summed E-state index contributed by atoms with van der Waals surface area (Å²) in [5.41, 5.74) is -0.240. The van der Waals surface area contributed by atoms with Crippen molar-refractivity contribution < 1.29 is 9.59 Å². The Hall–Kier alpha value is -1.10. The average Bonchev–Trinajstić information content (AvgIpc) is 2.95. The quantitative estimate of drug-likeness (QED) is 0.748. The predicted octanol–water partition coefficient (Wildman–Crippen LogP) is 1.14. The number of amides is 2. The maximum absolute atomic E-state index is 12.6. The van der Waals surface area contributed by atoms with E-state index in [1.165, 1.54) is 0 Å². The van der Waals surface area contributed by atoms with Crippen LogP contribution in [0.5, 0.6) is 0 Å². The minimum Gasteiger partial charge on any atom is -0.356 e. The summed E-state index contributed by atoms with van der Waals surface area (Å²) in [6.07, 6.45) is 4.65. The fourth-order valence-corrected chi connectivity index (χ4v) is 3.26. The van der Waals surface area contributed by atoms with E-state index in [1.807, 2.05) is 4.90 Å². The first-order chi connectivity index (χ1) is 10.1. The topological polar surface area (TPSA) is 61.4 Å². The second-order valence-corrected chi connectivity index (χ2v) is 6.70. The summed E-state index contributed by atoms with van der Waals surface area (Å²) in [7, 11) is 0. The SMILES string of the molecule is CCCCNC(=O)C1CCN(C(=O)C2(C)CCNC2)CC1. The largest absolute Gasteiger partial charge is 0.356 e. The van der Waals surface area contributed by atoms with Crippen LogP contribution in [0.3, 0.4) is 0 Å². The molecule has 0 spiro atoms. The third kappa shape index (κ3) is 3.96. The molecule has 0 aromatic rings. The third-order valence-corrected chi connectivity index (χ3v) is 4.87. The molecule has 2 fully saturated rings. The molecule has 0 aromatic heterocycles. The van der Waals surface area contributed by atoms with E-state index < -0.39 is 0 Å². The van der Waals surface area contributed by atoms with Crippen LogP contribution in [0.25, 0.3) is 0 Å². The van der Waals surface area contributed by atoms with Crippen LogP contribution in [-0.4, -0.2) is 49.4 Å². The maximum atomic E-state index is 12.6. The van der Waals surface area contributed by atoms with Gasteiger partial charge in [0.2, 0.25) is 11.8 Å². The van der Waals surface area contributed by atoms with Crippen molar-refractivity contribution in [1.82, 2.24) is 15.5 Å². The van der Waals surface area contributed by atoms with E-state index in [-0.39, 0.29) is 23.1 Å². The van der Waals surface area contributed by atoms with Gasteiger partial charge in [0.15, 0.2) is 0 Å². The number of likely N-dealkylation sites (tertiary alicyclic amines) is 1.